The van der Waals surface area contributed by atoms with Crippen LogP contribution in [0.3, 0.4) is 0 Å². The van der Waals surface area contributed by atoms with E-state index in [-0.39, 0.29) is 11.8 Å². The predicted octanol–water partition coefficient (Wildman–Crippen LogP) is 8.81. The first kappa shape index (κ1) is 36.1. The van der Waals surface area contributed by atoms with Crippen LogP contribution in [0.1, 0.15) is 127 Å². The number of pyridine rings is 2. The molecule has 0 saturated heterocycles. The number of nitrogens with zero attached hydrogens (tertiary/aromatic N) is 2. The second kappa shape index (κ2) is 26.6. The van der Waals surface area contributed by atoms with Crippen molar-refractivity contribution in [3.8, 4) is 0 Å². The Morgan fingerprint density at radius 1 is 0.500 bits per heavy atom. The van der Waals surface area contributed by atoms with Gasteiger partial charge in [0.2, 0.25) is 11.8 Å². The Labute approximate surface area is 263 Å². The molecule has 0 fully saturated rings. The Bertz CT molecular complexity index is 843. The van der Waals surface area contributed by atoms with Gasteiger partial charge in [-0.15, -0.1) is 0 Å². The number of carbonyl (C=O) groups is 2. The number of unbranched alkanes of at least 4 members (excludes halogenated alkanes) is 14. The highest BCUT2D eigenvalue weighted by Gasteiger charge is 2.03. The van der Waals surface area contributed by atoms with Gasteiger partial charge in [-0.3, -0.25) is 19.6 Å². The van der Waals surface area contributed by atoms with Crippen molar-refractivity contribution >= 4 is 33.4 Å². The zero-order valence-electron chi connectivity index (χ0n) is 25.7. The average molecular weight is 615 g/mol. The molecule has 2 aromatic rings. The Morgan fingerprint density at radius 3 is 1.21 bits per heavy atom. The van der Waals surface area contributed by atoms with E-state index in [9.17, 15) is 9.59 Å². The lowest BCUT2D eigenvalue weighted by Gasteiger charge is -2.05. The summed E-state index contributed by atoms with van der Waals surface area (Å²) in [6, 6.07) is 11.5. The molecule has 0 spiro atoms. The molecule has 2 aromatic heterocycles. The molecule has 0 aromatic carbocycles. The van der Waals surface area contributed by atoms with Crippen molar-refractivity contribution < 1.29 is 9.59 Å². The fraction of sp³-hybridized carbons (Fsp3) is 0.647. The van der Waals surface area contributed by atoms with Gasteiger partial charge in [-0.05, 0) is 49.9 Å². The molecule has 42 heavy (non-hydrogen) atoms. The van der Waals surface area contributed by atoms with Crippen molar-refractivity contribution in [1.29, 1.82) is 0 Å². The lowest BCUT2D eigenvalue weighted by molar-refractivity contribution is -0.122. The standard InChI is InChI=1S/C34H54N4O2S2/c39-33(37-29-31-21-15-17-25-35-31)23-13-9-5-1-3-7-11-19-27-41-42-28-20-12-8-4-2-6-10-14-24-34(40)38-30-32-22-16-18-26-36-32/h15-18,21-22,25-26H,1-14,19-20,23-24,27-30H2,(H,37,39)(H,38,40). The molecule has 0 aliphatic carbocycles. The molecule has 0 radical (unpaired) electrons. The molecule has 0 atom stereocenters. The summed E-state index contributed by atoms with van der Waals surface area (Å²) >= 11 is 0. The predicted molar refractivity (Wildman–Crippen MR) is 180 cm³/mol. The molecule has 234 valence electrons. The molecule has 0 aliphatic heterocycles. The minimum atomic E-state index is 0.135. The molecule has 0 saturated carbocycles. The zero-order valence-corrected chi connectivity index (χ0v) is 27.3. The summed E-state index contributed by atoms with van der Waals surface area (Å²) in [7, 11) is 4.11. The van der Waals surface area contributed by atoms with Crippen molar-refractivity contribution in [3.63, 3.8) is 0 Å². The summed E-state index contributed by atoms with van der Waals surface area (Å²) in [5.41, 5.74) is 1.82. The number of hydrogen-bond acceptors (Lipinski definition) is 6. The second-order valence-electron chi connectivity index (χ2n) is 11.0. The van der Waals surface area contributed by atoms with Crippen molar-refractivity contribution in [2.75, 3.05) is 11.5 Å². The van der Waals surface area contributed by atoms with Gasteiger partial charge in [0, 0.05) is 36.7 Å². The molecule has 0 unspecified atom stereocenters. The van der Waals surface area contributed by atoms with Gasteiger partial charge >= 0.3 is 0 Å². The number of hydrogen-bond donors (Lipinski definition) is 2. The summed E-state index contributed by atoms with van der Waals surface area (Å²) < 4.78 is 0. The number of carbonyl (C=O) groups excluding carboxylic acids is 2. The van der Waals surface area contributed by atoms with Gasteiger partial charge < -0.3 is 10.6 Å². The third kappa shape index (κ3) is 21.6. The first-order valence-electron chi connectivity index (χ1n) is 16.3. The summed E-state index contributed by atoms with van der Waals surface area (Å²) in [5, 5.41) is 5.91. The van der Waals surface area contributed by atoms with Gasteiger partial charge in [0.05, 0.1) is 24.5 Å². The van der Waals surface area contributed by atoms with E-state index >= 15 is 0 Å². The molecular weight excluding hydrogens is 561 g/mol. The Hall–Kier alpha value is -2.06. The van der Waals surface area contributed by atoms with E-state index in [0.29, 0.717) is 25.9 Å². The van der Waals surface area contributed by atoms with Crippen molar-refractivity contribution in [2.45, 2.75) is 129 Å². The highest BCUT2D eigenvalue weighted by atomic mass is 33.1. The lowest BCUT2D eigenvalue weighted by atomic mass is 10.1. The van der Waals surface area contributed by atoms with E-state index in [1.165, 1.54) is 88.6 Å². The monoisotopic (exact) mass is 614 g/mol. The van der Waals surface area contributed by atoms with Crippen LogP contribution in [-0.4, -0.2) is 33.3 Å². The Morgan fingerprint density at radius 2 is 0.857 bits per heavy atom. The molecule has 6 nitrogen and oxygen atoms in total. The molecule has 0 aliphatic rings. The van der Waals surface area contributed by atoms with E-state index in [0.717, 1.165) is 37.1 Å². The Kier molecular flexibility index (Phi) is 22.8. The van der Waals surface area contributed by atoms with Gasteiger partial charge in [0.25, 0.3) is 0 Å². The molecule has 0 bridgehead atoms. The van der Waals surface area contributed by atoms with Crippen molar-refractivity contribution in [2.24, 2.45) is 0 Å². The van der Waals surface area contributed by atoms with Crippen molar-refractivity contribution in [3.05, 3.63) is 60.2 Å². The normalized spacial score (nSPS) is 11.0. The fourth-order valence-electron chi connectivity index (χ4n) is 4.69. The SMILES string of the molecule is O=C(CCCCCCCCCCSSCCCCCCCCCCC(=O)NCc1ccccn1)NCc1ccccn1. The number of aromatic nitrogens is 2. The van der Waals surface area contributed by atoms with Crippen LogP contribution in [-0.2, 0) is 22.7 Å². The fourth-order valence-corrected chi connectivity index (χ4v) is 6.99. The van der Waals surface area contributed by atoms with Crippen LogP contribution in [0.15, 0.2) is 48.8 Å². The zero-order chi connectivity index (χ0) is 29.8. The summed E-state index contributed by atoms with van der Waals surface area (Å²) in [6.45, 7) is 1.05. The molecule has 8 heteroatoms. The topological polar surface area (TPSA) is 84.0 Å². The van der Waals surface area contributed by atoms with E-state index in [1.807, 2.05) is 36.4 Å². The van der Waals surface area contributed by atoms with Crippen LogP contribution < -0.4 is 10.6 Å². The number of rotatable bonds is 27. The van der Waals surface area contributed by atoms with Crippen LogP contribution >= 0.6 is 21.6 Å². The van der Waals surface area contributed by atoms with E-state index < -0.39 is 0 Å². The average Bonchev–Trinajstić information content (AvgIpc) is 3.02. The molecule has 2 heterocycles. The maximum Gasteiger partial charge on any atom is 0.220 e. The molecular formula is C34H54N4O2S2. The van der Waals surface area contributed by atoms with Gasteiger partial charge in [-0.1, -0.05) is 111 Å². The van der Waals surface area contributed by atoms with Crippen molar-refractivity contribution in [1.82, 2.24) is 20.6 Å². The van der Waals surface area contributed by atoms with Crippen LogP contribution in [0, 0.1) is 0 Å². The Balaban J connectivity index is 1.20. The maximum atomic E-state index is 11.9. The summed E-state index contributed by atoms with van der Waals surface area (Å²) in [5.74, 6) is 2.82. The van der Waals surface area contributed by atoms with E-state index in [4.69, 9.17) is 0 Å². The largest absolute Gasteiger partial charge is 0.350 e. The minimum Gasteiger partial charge on any atom is -0.350 e. The van der Waals surface area contributed by atoms with Crippen LogP contribution in [0.2, 0.25) is 0 Å². The molecule has 2 N–H and O–H groups in total. The van der Waals surface area contributed by atoms with Crippen LogP contribution in [0.5, 0.6) is 0 Å². The first-order chi connectivity index (χ1) is 20.7. The van der Waals surface area contributed by atoms with Crippen LogP contribution in [0.25, 0.3) is 0 Å². The lowest BCUT2D eigenvalue weighted by Crippen LogP contribution is -2.22. The quantitative estimate of drug-likeness (QED) is 0.0773. The summed E-state index contributed by atoms with van der Waals surface area (Å²) in [4.78, 5) is 32.3. The highest BCUT2D eigenvalue weighted by molar-refractivity contribution is 8.76. The minimum absolute atomic E-state index is 0.135. The number of nitrogens with one attached hydrogen (secondary N) is 2. The second-order valence-corrected chi connectivity index (χ2v) is 13.7. The van der Waals surface area contributed by atoms with Crippen LogP contribution in [0.4, 0.5) is 0 Å². The third-order valence-electron chi connectivity index (χ3n) is 7.23. The van der Waals surface area contributed by atoms with E-state index in [2.05, 4.69) is 42.2 Å². The molecule has 2 amide bonds. The van der Waals surface area contributed by atoms with Gasteiger partial charge in [-0.2, -0.15) is 0 Å². The third-order valence-corrected chi connectivity index (χ3v) is 9.81. The van der Waals surface area contributed by atoms with E-state index in [1.54, 1.807) is 12.4 Å². The van der Waals surface area contributed by atoms with Gasteiger partial charge in [-0.25, -0.2) is 0 Å². The van der Waals surface area contributed by atoms with Gasteiger partial charge in [0.1, 0.15) is 0 Å². The smallest absolute Gasteiger partial charge is 0.220 e. The van der Waals surface area contributed by atoms with Gasteiger partial charge in [0.15, 0.2) is 0 Å². The summed E-state index contributed by atoms with van der Waals surface area (Å²) in [6.07, 6.45) is 24.8. The molecule has 2 rings (SSSR count). The maximum absolute atomic E-state index is 11.9. The number of amides is 2. The first-order valence-corrected chi connectivity index (χ1v) is 18.8. The highest BCUT2D eigenvalue weighted by Crippen LogP contribution is 2.25.